The Labute approximate surface area is 169 Å². The Morgan fingerprint density at radius 2 is 1.93 bits per heavy atom. The van der Waals surface area contributed by atoms with E-state index in [-0.39, 0.29) is 17.6 Å². The molecule has 1 aliphatic rings. The zero-order chi connectivity index (χ0) is 20.5. The normalized spacial score (nSPS) is 18.2. The molecule has 2 aromatic carbocycles. The molecule has 0 bridgehead atoms. The van der Waals surface area contributed by atoms with Crippen LogP contribution in [0.4, 0.5) is 24.5 Å². The van der Waals surface area contributed by atoms with Crippen molar-refractivity contribution in [2.24, 2.45) is 0 Å². The summed E-state index contributed by atoms with van der Waals surface area (Å²) in [5.41, 5.74) is 0.891. The molecule has 0 saturated carbocycles. The van der Waals surface area contributed by atoms with Crippen molar-refractivity contribution in [3.63, 3.8) is 0 Å². The third kappa shape index (κ3) is 4.44. The molecule has 3 rings (SSSR count). The largest absolute Gasteiger partial charge is 0.416 e. The number of alkyl halides is 4. The number of nitrogens with one attached hydrogen (secondary N) is 1. The first-order valence-electron chi connectivity index (χ1n) is 8.32. The Kier molecular flexibility index (Phi) is 5.90. The third-order valence-electron chi connectivity index (χ3n) is 4.14. The lowest BCUT2D eigenvalue weighted by atomic mass is 10.1. The van der Waals surface area contributed by atoms with Crippen molar-refractivity contribution in [2.75, 3.05) is 16.0 Å². The van der Waals surface area contributed by atoms with Crippen molar-refractivity contribution in [3.8, 4) is 0 Å². The van der Waals surface area contributed by atoms with E-state index in [0.717, 1.165) is 17.7 Å². The zero-order valence-corrected chi connectivity index (χ0v) is 16.2. The van der Waals surface area contributed by atoms with Crippen LogP contribution >= 0.6 is 23.4 Å². The van der Waals surface area contributed by atoms with Gasteiger partial charge in [-0.25, -0.2) is 0 Å². The number of carbonyl (C=O) groups is 2. The van der Waals surface area contributed by atoms with Crippen LogP contribution in [0.15, 0.2) is 48.5 Å². The Hall–Kier alpha value is -2.19. The molecule has 2 atom stereocenters. The highest BCUT2D eigenvalue weighted by Gasteiger charge is 2.35. The van der Waals surface area contributed by atoms with E-state index >= 15 is 0 Å². The van der Waals surface area contributed by atoms with Crippen molar-refractivity contribution in [1.82, 2.24) is 0 Å². The molecule has 9 heteroatoms. The predicted octanol–water partition coefficient (Wildman–Crippen LogP) is 5.05. The average molecular weight is 429 g/mol. The maximum absolute atomic E-state index is 12.8. The Bertz CT molecular complexity index is 887. The van der Waals surface area contributed by atoms with Crippen molar-refractivity contribution in [2.45, 2.75) is 23.9 Å². The van der Waals surface area contributed by atoms with Gasteiger partial charge in [-0.1, -0.05) is 12.1 Å². The highest BCUT2D eigenvalue weighted by Crippen LogP contribution is 2.43. The summed E-state index contributed by atoms with van der Waals surface area (Å²) in [4.78, 5) is 25.6. The fourth-order valence-electron chi connectivity index (χ4n) is 2.77. The standard InChI is InChI=1S/C19H16ClF3N2O2S/c1-11(20)17(27)24-14-4-2-3-12(9-14)18-25(16(26)10-28-18)15-7-5-13(6-8-15)19(21,22)23/h2-9,11,18H,10H2,1H3,(H,24,27). The molecule has 2 aromatic rings. The monoisotopic (exact) mass is 428 g/mol. The van der Waals surface area contributed by atoms with Crippen LogP contribution in [0.1, 0.15) is 23.4 Å². The minimum atomic E-state index is -4.44. The molecule has 1 saturated heterocycles. The molecule has 1 fully saturated rings. The maximum atomic E-state index is 12.8. The fraction of sp³-hybridized carbons (Fsp3) is 0.263. The van der Waals surface area contributed by atoms with Gasteiger partial charge in [0.05, 0.1) is 11.3 Å². The minimum absolute atomic E-state index is 0.196. The summed E-state index contributed by atoms with van der Waals surface area (Å²) in [7, 11) is 0. The van der Waals surface area contributed by atoms with Crippen molar-refractivity contribution >= 4 is 46.6 Å². The van der Waals surface area contributed by atoms with E-state index in [1.807, 2.05) is 0 Å². The number of halogens is 4. The molecule has 1 heterocycles. The van der Waals surface area contributed by atoms with E-state index in [2.05, 4.69) is 5.32 Å². The van der Waals surface area contributed by atoms with Crippen LogP contribution < -0.4 is 10.2 Å². The van der Waals surface area contributed by atoms with Crippen LogP contribution in [0, 0.1) is 0 Å². The van der Waals surface area contributed by atoms with E-state index < -0.39 is 22.5 Å². The first-order valence-corrected chi connectivity index (χ1v) is 9.81. The van der Waals surface area contributed by atoms with Gasteiger partial charge in [0.15, 0.2) is 0 Å². The average Bonchev–Trinajstić information content (AvgIpc) is 3.03. The van der Waals surface area contributed by atoms with Gasteiger partial charge in [0.25, 0.3) is 0 Å². The highest BCUT2D eigenvalue weighted by molar-refractivity contribution is 8.00. The van der Waals surface area contributed by atoms with Crippen LogP contribution in [0.2, 0.25) is 0 Å². The summed E-state index contributed by atoms with van der Waals surface area (Å²) in [6.45, 7) is 1.55. The van der Waals surface area contributed by atoms with Gasteiger partial charge in [0.1, 0.15) is 10.8 Å². The van der Waals surface area contributed by atoms with Gasteiger partial charge in [-0.2, -0.15) is 13.2 Å². The Balaban J connectivity index is 1.87. The lowest BCUT2D eigenvalue weighted by Crippen LogP contribution is -2.28. The van der Waals surface area contributed by atoms with Crippen molar-refractivity contribution < 1.29 is 22.8 Å². The molecule has 0 aromatic heterocycles. The molecular formula is C19H16ClF3N2O2S. The number of carbonyl (C=O) groups excluding carboxylic acids is 2. The maximum Gasteiger partial charge on any atom is 0.416 e. The molecule has 4 nitrogen and oxygen atoms in total. The molecule has 2 amide bonds. The summed E-state index contributed by atoms with van der Waals surface area (Å²) < 4.78 is 38.4. The number of nitrogens with zero attached hydrogens (tertiary/aromatic N) is 1. The van der Waals surface area contributed by atoms with E-state index in [0.29, 0.717) is 11.4 Å². The van der Waals surface area contributed by atoms with E-state index in [9.17, 15) is 22.8 Å². The molecule has 2 unspecified atom stereocenters. The van der Waals surface area contributed by atoms with Gasteiger partial charge in [-0.05, 0) is 48.9 Å². The smallest absolute Gasteiger partial charge is 0.325 e. The van der Waals surface area contributed by atoms with Gasteiger partial charge < -0.3 is 5.32 Å². The molecule has 0 aliphatic carbocycles. The number of rotatable bonds is 4. The topological polar surface area (TPSA) is 49.4 Å². The minimum Gasteiger partial charge on any atom is -0.325 e. The molecule has 28 heavy (non-hydrogen) atoms. The number of amides is 2. The number of hydrogen-bond acceptors (Lipinski definition) is 3. The third-order valence-corrected chi connectivity index (χ3v) is 5.55. The summed E-state index contributed by atoms with van der Waals surface area (Å²) in [6, 6.07) is 11.5. The SMILES string of the molecule is CC(Cl)C(=O)Nc1cccc(C2SCC(=O)N2c2ccc(C(F)(F)F)cc2)c1. The number of anilines is 2. The van der Waals surface area contributed by atoms with Gasteiger partial charge in [-0.15, -0.1) is 23.4 Å². The van der Waals surface area contributed by atoms with Crippen LogP contribution in [0.5, 0.6) is 0 Å². The quantitative estimate of drug-likeness (QED) is 0.693. The summed E-state index contributed by atoms with van der Waals surface area (Å²) in [5.74, 6) is -0.340. The lowest BCUT2D eigenvalue weighted by molar-refractivity contribution is -0.137. The molecule has 0 spiro atoms. The molecular weight excluding hydrogens is 413 g/mol. The number of benzene rings is 2. The van der Waals surface area contributed by atoms with Crippen LogP contribution in [-0.2, 0) is 15.8 Å². The molecule has 1 aliphatic heterocycles. The summed E-state index contributed by atoms with van der Waals surface area (Å²) >= 11 is 7.13. The lowest BCUT2D eigenvalue weighted by Gasteiger charge is -2.25. The van der Waals surface area contributed by atoms with Gasteiger partial charge in [0.2, 0.25) is 11.8 Å². The van der Waals surface area contributed by atoms with Gasteiger partial charge in [-0.3, -0.25) is 14.5 Å². The first-order chi connectivity index (χ1) is 13.2. The van der Waals surface area contributed by atoms with Gasteiger partial charge >= 0.3 is 6.18 Å². The van der Waals surface area contributed by atoms with Crippen LogP contribution in [0.25, 0.3) is 0 Å². The number of thioether (sulfide) groups is 1. The van der Waals surface area contributed by atoms with Crippen LogP contribution in [-0.4, -0.2) is 22.9 Å². The van der Waals surface area contributed by atoms with Crippen molar-refractivity contribution in [3.05, 3.63) is 59.7 Å². The first kappa shape index (κ1) is 20.5. The Morgan fingerprint density at radius 1 is 1.25 bits per heavy atom. The van der Waals surface area contributed by atoms with E-state index in [4.69, 9.17) is 11.6 Å². The summed E-state index contributed by atoms with van der Waals surface area (Å²) in [5, 5.41) is 1.58. The second-order valence-corrected chi connectivity index (χ2v) is 7.93. The van der Waals surface area contributed by atoms with Crippen molar-refractivity contribution in [1.29, 1.82) is 0 Å². The van der Waals surface area contributed by atoms with E-state index in [1.54, 1.807) is 31.2 Å². The fourth-order valence-corrected chi connectivity index (χ4v) is 3.99. The molecule has 0 radical (unpaired) electrons. The van der Waals surface area contributed by atoms with E-state index in [1.165, 1.54) is 28.8 Å². The highest BCUT2D eigenvalue weighted by atomic mass is 35.5. The second kappa shape index (κ2) is 8.05. The zero-order valence-electron chi connectivity index (χ0n) is 14.7. The second-order valence-electron chi connectivity index (χ2n) is 6.20. The molecule has 1 N–H and O–H groups in total. The van der Waals surface area contributed by atoms with Gasteiger partial charge in [0, 0.05) is 11.4 Å². The van der Waals surface area contributed by atoms with Crippen LogP contribution in [0.3, 0.4) is 0 Å². The molecule has 148 valence electrons. The number of hydrogen-bond donors (Lipinski definition) is 1. The predicted molar refractivity (Wildman–Crippen MR) is 105 cm³/mol. The summed E-state index contributed by atoms with van der Waals surface area (Å²) in [6.07, 6.45) is -4.44. The Morgan fingerprint density at radius 3 is 2.54 bits per heavy atom.